The molecule has 0 atom stereocenters. The van der Waals surface area contributed by atoms with Gasteiger partial charge in [0.05, 0.1) is 0 Å². The van der Waals surface area contributed by atoms with Gasteiger partial charge in [-0.25, -0.2) is 9.97 Å². The Hall–Kier alpha value is -2.67. The minimum absolute atomic E-state index is 0.0730. The van der Waals surface area contributed by atoms with E-state index in [1.165, 1.54) is 6.92 Å². The summed E-state index contributed by atoms with van der Waals surface area (Å²) in [6.07, 6.45) is 1.57. The fraction of sp³-hybridized carbons (Fsp3) is 0.250. The molecule has 2 rings (SSSR count). The molecule has 8 heteroatoms. The van der Waals surface area contributed by atoms with Gasteiger partial charge in [0.1, 0.15) is 11.7 Å². The standard InChI is InChI=1S/C16H18ClN5O2/c1-11(23)18-8-9-19-13-5-3-2-4-12(13)16-20-7-6-14(22-16)21-15(24)10-17/h2-7,19H,8-10H2,1H3,(H,18,23)(H,20,21,22,24). The first-order valence-electron chi connectivity index (χ1n) is 7.36. The molecule has 24 heavy (non-hydrogen) atoms. The number of aromatic nitrogens is 2. The summed E-state index contributed by atoms with van der Waals surface area (Å²) >= 11 is 5.48. The van der Waals surface area contributed by atoms with Crippen LogP contribution in [0.15, 0.2) is 36.5 Å². The molecule has 0 fully saturated rings. The van der Waals surface area contributed by atoms with Crippen LogP contribution in [-0.4, -0.2) is 40.8 Å². The van der Waals surface area contributed by atoms with Crippen LogP contribution in [0.25, 0.3) is 11.4 Å². The van der Waals surface area contributed by atoms with E-state index in [9.17, 15) is 9.59 Å². The predicted molar refractivity (Wildman–Crippen MR) is 94.0 cm³/mol. The lowest BCUT2D eigenvalue weighted by atomic mass is 10.1. The number of hydrogen-bond donors (Lipinski definition) is 3. The van der Waals surface area contributed by atoms with Gasteiger partial charge in [-0.15, -0.1) is 11.6 Å². The molecule has 1 aromatic carbocycles. The summed E-state index contributed by atoms with van der Waals surface area (Å²) < 4.78 is 0. The van der Waals surface area contributed by atoms with Crippen molar-refractivity contribution in [2.75, 3.05) is 29.6 Å². The van der Waals surface area contributed by atoms with Crippen LogP contribution in [0.1, 0.15) is 6.92 Å². The van der Waals surface area contributed by atoms with Crippen LogP contribution in [0.5, 0.6) is 0 Å². The molecule has 0 unspecified atom stereocenters. The second-order valence-corrected chi connectivity index (χ2v) is 5.17. The lowest BCUT2D eigenvalue weighted by molar-refractivity contribution is -0.119. The van der Waals surface area contributed by atoms with Crippen LogP contribution in [0.2, 0.25) is 0 Å². The molecule has 2 amide bonds. The van der Waals surface area contributed by atoms with Crippen molar-refractivity contribution in [1.82, 2.24) is 15.3 Å². The first-order chi connectivity index (χ1) is 11.6. The molecule has 126 valence electrons. The highest BCUT2D eigenvalue weighted by Gasteiger charge is 2.09. The Morgan fingerprint density at radius 1 is 1.17 bits per heavy atom. The number of anilines is 2. The molecule has 0 spiro atoms. The molecule has 0 aliphatic heterocycles. The number of nitrogens with zero attached hydrogens (tertiary/aromatic N) is 2. The SMILES string of the molecule is CC(=O)NCCNc1ccccc1-c1nccc(NC(=O)CCl)n1. The van der Waals surface area contributed by atoms with Gasteiger partial charge in [0.2, 0.25) is 11.8 Å². The Morgan fingerprint density at radius 2 is 1.96 bits per heavy atom. The molecule has 0 bridgehead atoms. The molecular weight excluding hydrogens is 330 g/mol. The van der Waals surface area contributed by atoms with Crippen molar-refractivity contribution in [2.24, 2.45) is 0 Å². The van der Waals surface area contributed by atoms with Crippen molar-refractivity contribution in [1.29, 1.82) is 0 Å². The molecule has 1 heterocycles. The third-order valence-electron chi connectivity index (χ3n) is 3.03. The van der Waals surface area contributed by atoms with Crippen molar-refractivity contribution in [3.63, 3.8) is 0 Å². The molecule has 0 saturated carbocycles. The van der Waals surface area contributed by atoms with Gasteiger partial charge >= 0.3 is 0 Å². The number of carbonyl (C=O) groups excluding carboxylic acids is 2. The van der Waals surface area contributed by atoms with E-state index in [0.29, 0.717) is 24.7 Å². The largest absolute Gasteiger partial charge is 0.383 e. The van der Waals surface area contributed by atoms with E-state index in [2.05, 4.69) is 25.9 Å². The summed E-state index contributed by atoms with van der Waals surface area (Å²) in [5, 5.41) is 8.55. The Balaban J connectivity index is 2.15. The summed E-state index contributed by atoms with van der Waals surface area (Å²) in [4.78, 5) is 30.9. The van der Waals surface area contributed by atoms with Gasteiger partial charge in [-0.3, -0.25) is 9.59 Å². The van der Waals surface area contributed by atoms with E-state index >= 15 is 0 Å². The van der Waals surface area contributed by atoms with Gasteiger partial charge in [-0.2, -0.15) is 0 Å². The number of carbonyl (C=O) groups is 2. The highest BCUT2D eigenvalue weighted by Crippen LogP contribution is 2.25. The number of rotatable bonds is 7. The number of hydrogen-bond acceptors (Lipinski definition) is 5. The summed E-state index contributed by atoms with van der Waals surface area (Å²) in [5.41, 5.74) is 1.63. The van der Waals surface area contributed by atoms with Crippen molar-refractivity contribution < 1.29 is 9.59 Å². The molecule has 0 aliphatic carbocycles. The van der Waals surface area contributed by atoms with E-state index < -0.39 is 0 Å². The number of halogens is 1. The topological polar surface area (TPSA) is 96.0 Å². The van der Waals surface area contributed by atoms with Crippen molar-refractivity contribution >= 4 is 34.9 Å². The maximum atomic E-state index is 11.4. The first-order valence-corrected chi connectivity index (χ1v) is 7.90. The number of amides is 2. The zero-order chi connectivity index (χ0) is 17.4. The van der Waals surface area contributed by atoms with Crippen LogP contribution in [0, 0.1) is 0 Å². The third kappa shape index (κ3) is 5.20. The van der Waals surface area contributed by atoms with Crippen molar-refractivity contribution in [3.05, 3.63) is 36.5 Å². The van der Waals surface area contributed by atoms with E-state index in [0.717, 1.165) is 11.3 Å². The van der Waals surface area contributed by atoms with Crippen LogP contribution in [0.3, 0.4) is 0 Å². The van der Waals surface area contributed by atoms with Gasteiger partial charge in [-0.1, -0.05) is 12.1 Å². The van der Waals surface area contributed by atoms with Crippen LogP contribution >= 0.6 is 11.6 Å². The van der Waals surface area contributed by atoms with Crippen LogP contribution in [-0.2, 0) is 9.59 Å². The average molecular weight is 348 g/mol. The van der Waals surface area contributed by atoms with Crippen LogP contribution in [0.4, 0.5) is 11.5 Å². The van der Waals surface area contributed by atoms with Gasteiger partial charge in [0, 0.05) is 37.5 Å². The van der Waals surface area contributed by atoms with Crippen LogP contribution < -0.4 is 16.0 Å². The first kappa shape index (κ1) is 17.7. The normalized spacial score (nSPS) is 10.1. The van der Waals surface area contributed by atoms with Crippen molar-refractivity contribution in [3.8, 4) is 11.4 Å². The minimum atomic E-state index is -0.331. The monoisotopic (exact) mass is 347 g/mol. The predicted octanol–water partition coefficient (Wildman–Crippen LogP) is 1.87. The fourth-order valence-corrected chi connectivity index (χ4v) is 2.07. The number of nitrogens with one attached hydrogen (secondary N) is 3. The summed E-state index contributed by atoms with van der Waals surface area (Å²) in [7, 11) is 0. The third-order valence-corrected chi connectivity index (χ3v) is 3.27. The maximum absolute atomic E-state index is 11.4. The highest BCUT2D eigenvalue weighted by atomic mass is 35.5. The highest BCUT2D eigenvalue weighted by molar-refractivity contribution is 6.29. The van der Waals surface area contributed by atoms with E-state index in [1.807, 2.05) is 24.3 Å². The molecule has 0 saturated heterocycles. The summed E-state index contributed by atoms with van der Waals surface area (Å²) in [5.74, 6) is 0.323. The molecule has 1 aromatic heterocycles. The maximum Gasteiger partial charge on any atom is 0.240 e. The summed E-state index contributed by atoms with van der Waals surface area (Å²) in [6, 6.07) is 9.14. The van der Waals surface area contributed by atoms with E-state index in [4.69, 9.17) is 11.6 Å². The smallest absolute Gasteiger partial charge is 0.240 e. The van der Waals surface area contributed by atoms with Gasteiger partial charge in [-0.05, 0) is 18.2 Å². The second-order valence-electron chi connectivity index (χ2n) is 4.90. The lowest BCUT2D eigenvalue weighted by Crippen LogP contribution is -2.26. The summed E-state index contributed by atoms with van der Waals surface area (Å²) in [6.45, 7) is 2.55. The molecule has 7 nitrogen and oxygen atoms in total. The van der Waals surface area contributed by atoms with Gasteiger partial charge in [0.15, 0.2) is 5.82 Å². The Labute approximate surface area is 144 Å². The second kappa shape index (κ2) is 8.83. The minimum Gasteiger partial charge on any atom is -0.383 e. The Morgan fingerprint density at radius 3 is 2.71 bits per heavy atom. The molecule has 3 N–H and O–H groups in total. The molecular formula is C16H18ClN5O2. The molecule has 0 aliphatic rings. The zero-order valence-electron chi connectivity index (χ0n) is 13.2. The number of benzene rings is 1. The van der Waals surface area contributed by atoms with E-state index in [-0.39, 0.29) is 17.7 Å². The molecule has 0 radical (unpaired) electrons. The number of para-hydroxylation sites is 1. The van der Waals surface area contributed by atoms with Gasteiger partial charge in [0.25, 0.3) is 0 Å². The van der Waals surface area contributed by atoms with Gasteiger partial charge < -0.3 is 16.0 Å². The quantitative estimate of drug-likeness (QED) is 0.525. The fourth-order valence-electron chi connectivity index (χ4n) is 2.00. The lowest BCUT2D eigenvalue weighted by Gasteiger charge is -2.12. The Kier molecular flexibility index (Phi) is 6.51. The van der Waals surface area contributed by atoms with Crippen molar-refractivity contribution in [2.45, 2.75) is 6.92 Å². The number of alkyl halides is 1. The Bertz CT molecular complexity index is 723. The average Bonchev–Trinajstić information content (AvgIpc) is 2.59. The zero-order valence-corrected chi connectivity index (χ0v) is 13.9. The van der Waals surface area contributed by atoms with E-state index in [1.54, 1.807) is 12.3 Å². The molecule has 2 aromatic rings.